The minimum atomic E-state index is 0.177. The van der Waals surface area contributed by atoms with Gasteiger partial charge in [-0.2, -0.15) is 5.26 Å². The fraction of sp³-hybridized carbons (Fsp3) is 0. The van der Waals surface area contributed by atoms with E-state index >= 15 is 0 Å². The highest BCUT2D eigenvalue weighted by Crippen LogP contribution is 2.25. The van der Waals surface area contributed by atoms with Crippen LogP contribution in [0.1, 0.15) is 5.69 Å². The van der Waals surface area contributed by atoms with Crippen molar-refractivity contribution in [2.45, 2.75) is 0 Å². The van der Waals surface area contributed by atoms with Gasteiger partial charge in [-0.05, 0) is 22.9 Å². The molecule has 3 rings (SSSR count). The largest absolute Gasteiger partial charge is 0.436 e. The van der Waals surface area contributed by atoms with Gasteiger partial charge in [0.2, 0.25) is 5.69 Å². The molecule has 0 aliphatic carbocycles. The van der Waals surface area contributed by atoms with E-state index in [1.807, 2.05) is 48.5 Å². The molecule has 0 aliphatic rings. The van der Waals surface area contributed by atoms with Crippen molar-refractivity contribution < 1.29 is 4.74 Å². The Morgan fingerprint density at radius 2 is 1.74 bits per heavy atom. The molecule has 0 unspecified atom stereocenters. The van der Waals surface area contributed by atoms with Gasteiger partial charge in [0.1, 0.15) is 11.8 Å². The third-order valence-electron chi connectivity index (χ3n) is 2.71. The highest BCUT2D eigenvalue weighted by molar-refractivity contribution is 5.83. The molecule has 1 aromatic heterocycles. The zero-order valence-electron chi connectivity index (χ0n) is 9.95. The first kappa shape index (κ1) is 11.2. The summed E-state index contributed by atoms with van der Waals surface area (Å²) in [4.78, 5) is 7.92. The predicted molar refractivity (Wildman–Crippen MR) is 70.8 cm³/mol. The molecule has 0 saturated carbocycles. The summed E-state index contributed by atoms with van der Waals surface area (Å²) in [6.45, 7) is 0. The molecule has 4 nitrogen and oxygen atoms in total. The second kappa shape index (κ2) is 4.75. The topological polar surface area (TPSA) is 58.8 Å². The first-order valence-electron chi connectivity index (χ1n) is 5.74. The molecule has 0 amide bonds. The van der Waals surface area contributed by atoms with E-state index in [-0.39, 0.29) is 11.6 Å². The first-order chi connectivity index (χ1) is 9.36. The van der Waals surface area contributed by atoms with Gasteiger partial charge < -0.3 is 4.74 Å². The summed E-state index contributed by atoms with van der Waals surface area (Å²) in [5.74, 6) is 0.857. The fourth-order valence-corrected chi connectivity index (χ4v) is 1.82. The maximum atomic E-state index is 8.94. The van der Waals surface area contributed by atoms with Crippen LogP contribution >= 0.6 is 0 Å². The van der Waals surface area contributed by atoms with Gasteiger partial charge in [0.15, 0.2) is 0 Å². The van der Waals surface area contributed by atoms with E-state index in [1.54, 1.807) is 0 Å². The van der Waals surface area contributed by atoms with Crippen LogP contribution in [0, 0.1) is 11.3 Å². The smallest absolute Gasteiger partial charge is 0.256 e. The van der Waals surface area contributed by atoms with E-state index in [1.165, 1.54) is 12.4 Å². The van der Waals surface area contributed by atoms with Crippen LogP contribution in [0.5, 0.6) is 11.6 Å². The number of hydrogen-bond donors (Lipinski definition) is 0. The number of aromatic nitrogens is 2. The lowest BCUT2D eigenvalue weighted by Crippen LogP contribution is -1.93. The van der Waals surface area contributed by atoms with E-state index in [0.717, 1.165) is 10.8 Å². The minimum absolute atomic E-state index is 0.177. The number of nitriles is 1. The molecule has 0 bridgehead atoms. The van der Waals surface area contributed by atoms with Crippen molar-refractivity contribution in [2.24, 2.45) is 0 Å². The van der Waals surface area contributed by atoms with Crippen molar-refractivity contribution in [1.82, 2.24) is 9.97 Å². The van der Waals surface area contributed by atoms with E-state index in [4.69, 9.17) is 10.00 Å². The molecule has 0 fully saturated rings. The van der Waals surface area contributed by atoms with Crippen LogP contribution < -0.4 is 4.74 Å². The molecule has 0 N–H and O–H groups in total. The molecule has 4 heteroatoms. The van der Waals surface area contributed by atoms with Gasteiger partial charge >= 0.3 is 0 Å². The number of hydrogen-bond acceptors (Lipinski definition) is 4. The average Bonchev–Trinajstić information content (AvgIpc) is 2.48. The molecule has 3 aromatic rings. The normalized spacial score (nSPS) is 10.1. The van der Waals surface area contributed by atoms with E-state index in [2.05, 4.69) is 9.97 Å². The highest BCUT2D eigenvalue weighted by Gasteiger charge is 2.07. The van der Waals surface area contributed by atoms with Crippen LogP contribution in [0.3, 0.4) is 0 Å². The Balaban J connectivity index is 1.99. The van der Waals surface area contributed by atoms with Gasteiger partial charge in [0.05, 0.1) is 0 Å². The number of fused-ring (bicyclic) bond motifs is 1. The van der Waals surface area contributed by atoms with Crippen molar-refractivity contribution >= 4 is 10.8 Å². The quantitative estimate of drug-likeness (QED) is 0.697. The summed E-state index contributed by atoms with van der Waals surface area (Å²) < 4.78 is 5.61. The molecular weight excluding hydrogens is 238 g/mol. The number of benzene rings is 2. The van der Waals surface area contributed by atoms with E-state index < -0.39 is 0 Å². The fourth-order valence-electron chi connectivity index (χ4n) is 1.82. The minimum Gasteiger partial charge on any atom is -0.436 e. The maximum absolute atomic E-state index is 8.94. The molecular formula is C15H9N3O. The zero-order chi connectivity index (χ0) is 13.1. The van der Waals surface area contributed by atoms with Crippen LogP contribution in [-0.2, 0) is 0 Å². The SMILES string of the molecule is N#Cc1nccnc1Oc1ccc2ccccc2c1. The molecule has 0 radical (unpaired) electrons. The van der Waals surface area contributed by atoms with Crippen LogP contribution in [-0.4, -0.2) is 9.97 Å². The van der Waals surface area contributed by atoms with Gasteiger partial charge in [0, 0.05) is 12.4 Å². The maximum Gasteiger partial charge on any atom is 0.256 e. The Morgan fingerprint density at radius 3 is 2.58 bits per heavy atom. The summed E-state index contributed by atoms with van der Waals surface area (Å²) >= 11 is 0. The number of nitrogens with zero attached hydrogens (tertiary/aromatic N) is 3. The van der Waals surface area contributed by atoms with Crippen molar-refractivity contribution in [3.8, 4) is 17.7 Å². The van der Waals surface area contributed by atoms with Gasteiger partial charge in [-0.3, -0.25) is 0 Å². The summed E-state index contributed by atoms with van der Waals surface area (Å²) in [5.41, 5.74) is 0.177. The monoisotopic (exact) mass is 247 g/mol. The Hall–Kier alpha value is -2.93. The molecule has 1 heterocycles. The third-order valence-corrected chi connectivity index (χ3v) is 2.71. The van der Waals surface area contributed by atoms with Crippen molar-refractivity contribution in [3.05, 3.63) is 60.6 Å². The van der Waals surface area contributed by atoms with Gasteiger partial charge in [0.25, 0.3) is 5.88 Å². The molecule has 90 valence electrons. The van der Waals surface area contributed by atoms with Crippen molar-refractivity contribution in [1.29, 1.82) is 5.26 Å². The standard InChI is InChI=1S/C15H9N3O/c16-10-14-15(18-8-7-17-14)19-13-6-5-11-3-1-2-4-12(11)9-13/h1-9H. The second-order valence-electron chi connectivity index (χ2n) is 3.93. The summed E-state index contributed by atoms with van der Waals surface area (Å²) in [6, 6.07) is 15.7. The Bertz CT molecular complexity index is 777. The highest BCUT2D eigenvalue weighted by atomic mass is 16.5. The third kappa shape index (κ3) is 2.22. The lowest BCUT2D eigenvalue weighted by Gasteiger charge is -2.06. The molecule has 19 heavy (non-hydrogen) atoms. The van der Waals surface area contributed by atoms with Gasteiger partial charge in [-0.1, -0.05) is 30.3 Å². The van der Waals surface area contributed by atoms with E-state index in [9.17, 15) is 0 Å². The van der Waals surface area contributed by atoms with Crippen LogP contribution in [0.25, 0.3) is 10.8 Å². The van der Waals surface area contributed by atoms with Gasteiger partial charge in [-0.25, -0.2) is 9.97 Å². The predicted octanol–water partition coefficient (Wildman–Crippen LogP) is 3.29. The van der Waals surface area contributed by atoms with Crippen molar-refractivity contribution in [2.75, 3.05) is 0 Å². The molecule has 0 saturated heterocycles. The van der Waals surface area contributed by atoms with Crippen molar-refractivity contribution in [3.63, 3.8) is 0 Å². The average molecular weight is 247 g/mol. The van der Waals surface area contributed by atoms with Crippen LogP contribution in [0.15, 0.2) is 54.9 Å². The zero-order valence-corrected chi connectivity index (χ0v) is 9.95. The molecule has 0 atom stereocenters. The number of rotatable bonds is 2. The summed E-state index contributed by atoms with van der Waals surface area (Å²) in [7, 11) is 0. The number of ether oxygens (including phenoxy) is 1. The summed E-state index contributed by atoms with van der Waals surface area (Å²) in [5, 5.41) is 11.1. The summed E-state index contributed by atoms with van der Waals surface area (Å²) in [6.07, 6.45) is 2.96. The second-order valence-corrected chi connectivity index (χ2v) is 3.93. The Labute approximate surface area is 109 Å². The molecule has 0 aliphatic heterocycles. The van der Waals surface area contributed by atoms with Crippen LogP contribution in [0.2, 0.25) is 0 Å². The van der Waals surface area contributed by atoms with E-state index in [0.29, 0.717) is 5.75 Å². The lowest BCUT2D eigenvalue weighted by molar-refractivity contribution is 0.459. The Kier molecular flexibility index (Phi) is 2.79. The first-order valence-corrected chi connectivity index (χ1v) is 5.74. The molecule has 0 spiro atoms. The molecule has 2 aromatic carbocycles. The van der Waals surface area contributed by atoms with Crippen LogP contribution in [0.4, 0.5) is 0 Å². The lowest BCUT2D eigenvalue weighted by atomic mass is 10.1. The Morgan fingerprint density at radius 1 is 0.947 bits per heavy atom. The van der Waals surface area contributed by atoms with Gasteiger partial charge in [-0.15, -0.1) is 0 Å².